The number of nitrogens with one attached hydrogen (secondary N) is 1. The summed E-state index contributed by atoms with van der Waals surface area (Å²) in [5, 5.41) is 31.9. The SMILES string of the molecule is C[C@@H](O)[C@H]1C(=O)N2C(C(=O)O)=C(S[C@@H]3CN[C@H](/C=C/CO)C3)[C@H](C)[C@H]12. The third kappa shape index (κ3) is 3.12. The van der Waals surface area contributed by atoms with Crippen LogP contribution in [0.2, 0.25) is 0 Å². The molecule has 8 heteroatoms. The summed E-state index contributed by atoms with van der Waals surface area (Å²) in [6, 6.07) is -0.0975. The van der Waals surface area contributed by atoms with E-state index in [-0.39, 0.29) is 41.5 Å². The van der Waals surface area contributed by atoms with Crippen molar-refractivity contribution in [3.63, 3.8) is 0 Å². The number of amides is 1. The van der Waals surface area contributed by atoms with Gasteiger partial charge in [-0.25, -0.2) is 4.79 Å². The molecular weight excluding hydrogens is 344 g/mol. The lowest BCUT2D eigenvalue weighted by atomic mass is 9.79. The molecule has 0 bridgehead atoms. The van der Waals surface area contributed by atoms with Crippen LogP contribution in [0.3, 0.4) is 0 Å². The molecule has 0 saturated carbocycles. The summed E-state index contributed by atoms with van der Waals surface area (Å²) in [5.41, 5.74) is 0.0822. The monoisotopic (exact) mass is 368 g/mol. The lowest BCUT2D eigenvalue weighted by Crippen LogP contribution is -2.63. The van der Waals surface area contributed by atoms with Gasteiger partial charge in [0.1, 0.15) is 5.70 Å². The van der Waals surface area contributed by atoms with Gasteiger partial charge in [0.25, 0.3) is 0 Å². The summed E-state index contributed by atoms with van der Waals surface area (Å²) in [7, 11) is 0. The van der Waals surface area contributed by atoms with Gasteiger partial charge in [-0.15, -0.1) is 11.8 Å². The van der Waals surface area contributed by atoms with E-state index in [0.29, 0.717) is 0 Å². The molecule has 0 aromatic carbocycles. The highest BCUT2D eigenvalue weighted by Gasteiger charge is 2.60. The number of aliphatic hydroxyl groups excluding tert-OH is 2. The number of carboxylic acid groups (broad SMARTS) is 1. The summed E-state index contributed by atoms with van der Waals surface area (Å²) >= 11 is 1.52. The summed E-state index contributed by atoms with van der Waals surface area (Å²) in [6.07, 6.45) is 3.67. The van der Waals surface area contributed by atoms with Gasteiger partial charge in [0.2, 0.25) is 5.91 Å². The van der Waals surface area contributed by atoms with Gasteiger partial charge in [-0.2, -0.15) is 0 Å². The van der Waals surface area contributed by atoms with Crippen LogP contribution in [0.5, 0.6) is 0 Å². The highest BCUT2D eigenvalue weighted by Crippen LogP contribution is 2.51. The zero-order chi connectivity index (χ0) is 18.3. The fraction of sp³-hybridized carbons (Fsp3) is 0.647. The van der Waals surface area contributed by atoms with Crippen molar-refractivity contribution in [2.24, 2.45) is 11.8 Å². The average molecular weight is 368 g/mol. The van der Waals surface area contributed by atoms with Gasteiger partial charge in [-0.3, -0.25) is 4.79 Å². The molecule has 2 saturated heterocycles. The summed E-state index contributed by atoms with van der Waals surface area (Å²) in [6.45, 7) is 4.26. The Kier molecular flexibility index (Phi) is 5.24. The molecule has 6 atom stereocenters. The molecule has 3 aliphatic rings. The molecule has 0 unspecified atom stereocenters. The van der Waals surface area contributed by atoms with E-state index < -0.39 is 18.0 Å². The van der Waals surface area contributed by atoms with Gasteiger partial charge in [0, 0.05) is 28.7 Å². The third-order valence-corrected chi connectivity index (χ3v) is 6.71. The number of carboxylic acids is 1. The smallest absolute Gasteiger partial charge is 0.353 e. The number of fused-ring (bicyclic) bond motifs is 1. The van der Waals surface area contributed by atoms with Gasteiger partial charge in [-0.1, -0.05) is 19.1 Å². The van der Waals surface area contributed by atoms with Crippen molar-refractivity contribution in [3.8, 4) is 0 Å². The van der Waals surface area contributed by atoms with Crippen LogP contribution in [0.25, 0.3) is 0 Å². The second-order valence-corrected chi connectivity index (χ2v) is 8.22. The maximum atomic E-state index is 12.3. The van der Waals surface area contributed by atoms with Crippen molar-refractivity contribution < 1.29 is 24.9 Å². The molecule has 25 heavy (non-hydrogen) atoms. The molecule has 3 aliphatic heterocycles. The number of rotatable bonds is 6. The van der Waals surface area contributed by atoms with E-state index in [1.807, 2.05) is 13.0 Å². The molecule has 0 aromatic heterocycles. The average Bonchev–Trinajstić information content (AvgIpc) is 3.08. The standard InChI is InChI=1S/C17H24N2O5S/c1-8-13-12(9(2)21)16(22)19(13)14(17(23)24)15(8)25-11-6-10(18-7-11)4-3-5-20/h3-4,8-13,18,20-21H,5-7H2,1-2H3,(H,23,24)/b4-3+/t8-,9-,10-,11+,12-,13-/m1/s1. The van der Waals surface area contributed by atoms with Crippen molar-refractivity contribution in [3.05, 3.63) is 22.8 Å². The van der Waals surface area contributed by atoms with Crippen molar-refractivity contribution in [1.82, 2.24) is 10.2 Å². The summed E-state index contributed by atoms with van der Waals surface area (Å²) in [5.74, 6) is -2.00. The molecule has 3 heterocycles. The Bertz CT molecular complexity index is 633. The number of carbonyl (C=O) groups is 2. The van der Waals surface area contributed by atoms with Crippen LogP contribution in [0.4, 0.5) is 0 Å². The normalized spacial score (nSPS) is 36.1. The maximum absolute atomic E-state index is 12.3. The second-order valence-electron chi connectivity index (χ2n) is 6.87. The minimum absolute atomic E-state index is 0.000816. The topological polar surface area (TPSA) is 110 Å². The third-order valence-electron chi connectivity index (χ3n) is 5.20. The maximum Gasteiger partial charge on any atom is 0.353 e. The quantitative estimate of drug-likeness (QED) is 0.390. The Morgan fingerprint density at radius 1 is 1.52 bits per heavy atom. The van der Waals surface area contributed by atoms with E-state index in [0.717, 1.165) is 17.9 Å². The van der Waals surface area contributed by atoms with E-state index >= 15 is 0 Å². The van der Waals surface area contributed by atoms with Crippen molar-refractivity contribution >= 4 is 23.6 Å². The minimum atomic E-state index is -1.09. The zero-order valence-corrected chi connectivity index (χ0v) is 15.1. The Hall–Kier alpha value is -1.35. The van der Waals surface area contributed by atoms with Gasteiger partial charge >= 0.3 is 5.97 Å². The predicted molar refractivity (Wildman–Crippen MR) is 93.6 cm³/mol. The number of carbonyl (C=O) groups excluding carboxylic acids is 1. The lowest BCUT2D eigenvalue weighted by molar-refractivity contribution is -0.163. The molecule has 0 spiro atoms. The van der Waals surface area contributed by atoms with Gasteiger partial charge in [-0.05, 0) is 13.3 Å². The largest absolute Gasteiger partial charge is 0.477 e. The first-order valence-corrected chi connectivity index (χ1v) is 9.41. The molecule has 138 valence electrons. The van der Waals surface area contributed by atoms with Gasteiger partial charge in [0.15, 0.2) is 0 Å². The highest BCUT2D eigenvalue weighted by atomic mass is 32.2. The molecule has 7 nitrogen and oxygen atoms in total. The molecule has 0 radical (unpaired) electrons. The second kappa shape index (κ2) is 7.11. The molecule has 1 amide bonds. The van der Waals surface area contributed by atoms with Gasteiger partial charge in [0.05, 0.1) is 24.7 Å². The molecule has 0 aromatic rings. The first-order valence-electron chi connectivity index (χ1n) is 8.53. The minimum Gasteiger partial charge on any atom is -0.477 e. The van der Waals surface area contributed by atoms with Crippen LogP contribution in [0, 0.1) is 11.8 Å². The fourth-order valence-corrected chi connectivity index (χ4v) is 5.55. The molecular formula is C17H24N2O5S. The molecule has 4 N–H and O–H groups in total. The number of aliphatic carboxylic acids is 1. The van der Waals surface area contributed by atoms with Crippen LogP contribution in [0.15, 0.2) is 22.8 Å². The van der Waals surface area contributed by atoms with Crippen LogP contribution in [-0.4, -0.2) is 68.7 Å². The summed E-state index contributed by atoms with van der Waals surface area (Å²) in [4.78, 5) is 26.2. The van der Waals surface area contributed by atoms with E-state index in [1.165, 1.54) is 16.7 Å². The van der Waals surface area contributed by atoms with Gasteiger partial charge < -0.3 is 25.5 Å². The number of thioether (sulfide) groups is 1. The summed E-state index contributed by atoms with van der Waals surface area (Å²) < 4.78 is 0. The van der Waals surface area contributed by atoms with E-state index in [1.54, 1.807) is 13.0 Å². The molecule has 2 fully saturated rings. The number of nitrogens with zero attached hydrogens (tertiary/aromatic N) is 1. The molecule has 0 aliphatic carbocycles. The van der Waals surface area contributed by atoms with Crippen molar-refractivity contribution in [2.45, 2.75) is 43.7 Å². The number of hydrogen-bond donors (Lipinski definition) is 4. The first-order chi connectivity index (χ1) is 11.9. The Morgan fingerprint density at radius 3 is 2.84 bits per heavy atom. The number of hydrogen-bond acceptors (Lipinski definition) is 6. The van der Waals surface area contributed by atoms with E-state index in [2.05, 4.69) is 5.32 Å². The van der Waals surface area contributed by atoms with Crippen LogP contribution < -0.4 is 5.32 Å². The van der Waals surface area contributed by atoms with Crippen LogP contribution >= 0.6 is 11.8 Å². The number of β-lactam (4-membered cyclic amide) rings is 1. The zero-order valence-electron chi connectivity index (χ0n) is 14.3. The van der Waals surface area contributed by atoms with Crippen LogP contribution in [0.1, 0.15) is 20.3 Å². The molecule has 3 rings (SSSR count). The Balaban J connectivity index is 1.77. The fourth-order valence-electron chi connectivity index (χ4n) is 4.05. The van der Waals surface area contributed by atoms with E-state index in [4.69, 9.17) is 5.11 Å². The Morgan fingerprint density at radius 2 is 2.24 bits per heavy atom. The Labute approximate surface area is 150 Å². The lowest BCUT2D eigenvalue weighted by Gasteiger charge is -2.46. The van der Waals surface area contributed by atoms with Crippen LogP contribution in [-0.2, 0) is 9.59 Å². The first kappa shape index (κ1) is 18.4. The van der Waals surface area contributed by atoms with Crippen molar-refractivity contribution in [1.29, 1.82) is 0 Å². The van der Waals surface area contributed by atoms with Crippen molar-refractivity contribution in [2.75, 3.05) is 13.2 Å². The number of aliphatic hydroxyl groups is 2. The van der Waals surface area contributed by atoms with E-state index in [9.17, 15) is 19.8 Å². The highest BCUT2D eigenvalue weighted by molar-refractivity contribution is 8.03. The predicted octanol–water partition coefficient (Wildman–Crippen LogP) is 0.152.